The summed E-state index contributed by atoms with van der Waals surface area (Å²) in [5, 5.41) is 0. The number of ether oxygens (including phenoxy) is 1. The lowest BCUT2D eigenvalue weighted by Gasteiger charge is -2.01. The van der Waals surface area contributed by atoms with Crippen LogP contribution in [0.1, 0.15) is 45.4 Å². The minimum absolute atomic E-state index is 0.665. The summed E-state index contributed by atoms with van der Waals surface area (Å²) in [6.07, 6.45) is 13.7. The van der Waals surface area contributed by atoms with Gasteiger partial charge in [0.1, 0.15) is 12.4 Å². The highest BCUT2D eigenvalue weighted by atomic mass is 16.5. The van der Waals surface area contributed by atoms with Gasteiger partial charge in [0.15, 0.2) is 6.73 Å². The monoisotopic (exact) mass is 211 g/mol. The molecule has 0 aliphatic heterocycles. The molecule has 0 saturated heterocycles. The van der Waals surface area contributed by atoms with E-state index in [9.17, 15) is 0 Å². The first-order valence-corrected chi connectivity index (χ1v) is 6.03. The van der Waals surface area contributed by atoms with Gasteiger partial charge in [-0.25, -0.2) is 4.57 Å². The quantitative estimate of drug-likeness (QED) is 0.494. The highest BCUT2D eigenvalue weighted by Gasteiger charge is 1.95. The molecule has 1 aromatic rings. The van der Waals surface area contributed by atoms with Crippen LogP contribution in [0.25, 0.3) is 0 Å². The van der Waals surface area contributed by atoms with Crippen LogP contribution in [0.15, 0.2) is 18.7 Å². The Balaban J connectivity index is 1.81. The van der Waals surface area contributed by atoms with E-state index in [1.54, 1.807) is 0 Å². The van der Waals surface area contributed by atoms with Crippen LogP contribution in [0.3, 0.4) is 0 Å². The molecule has 0 aliphatic carbocycles. The van der Waals surface area contributed by atoms with Gasteiger partial charge in [-0.3, -0.25) is 4.98 Å². The largest absolute Gasteiger partial charge is 0.342 e. The third-order valence-electron chi connectivity index (χ3n) is 2.49. The van der Waals surface area contributed by atoms with Crippen LogP contribution in [0, 0.1) is 0 Å². The summed E-state index contributed by atoms with van der Waals surface area (Å²) < 4.78 is 7.52. The van der Waals surface area contributed by atoms with Crippen LogP contribution in [-0.4, -0.2) is 11.6 Å². The average Bonchev–Trinajstić information content (AvgIpc) is 2.75. The van der Waals surface area contributed by atoms with E-state index in [1.807, 2.05) is 23.3 Å². The van der Waals surface area contributed by atoms with E-state index in [1.165, 1.54) is 38.5 Å². The molecule has 1 N–H and O–H groups in total. The highest BCUT2D eigenvalue weighted by Crippen LogP contribution is 2.04. The Kier molecular flexibility index (Phi) is 6.92. The van der Waals surface area contributed by atoms with Crippen LogP contribution >= 0.6 is 0 Å². The topological polar surface area (TPSA) is 28.9 Å². The molecule has 0 spiro atoms. The maximum absolute atomic E-state index is 5.53. The number of hydrogen-bond donors (Lipinski definition) is 1. The van der Waals surface area contributed by atoms with Crippen molar-refractivity contribution in [1.82, 2.24) is 4.98 Å². The van der Waals surface area contributed by atoms with Crippen molar-refractivity contribution in [3.63, 3.8) is 0 Å². The molecule has 3 nitrogen and oxygen atoms in total. The maximum Gasteiger partial charge on any atom is 0.243 e. The second-order valence-corrected chi connectivity index (χ2v) is 3.93. The van der Waals surface area contributed by atoms with E-state index < -0.39 is 0 Å². The van der Waals surface area contributed by atoms with Gasteiger partial charge in [0.25, 0.3) is 0 Å². The van der Waals surface area contributed by atoms with Crippen molar-refractivity contribution in [3.05, 3.63) is 18.7 Å². The van der Waals surface area contributed by atoms with Crippen LogP contribution in [0.5, 0.6) is 0 Å². The van der Waals surface area contributed by atoms with E-state index in [2.05, 4.69) is 11.9 Å². The molecule has 0 atom stereocenters. The summed E-state index contributed by atoms with van der Waals surface area (Å²) in [4.78, 5) is 2.99. The smallest absolute Gasteiger partial charge is 0.243 e. The normalized spacial score (nSPS) is 10.7. The first-order valence-electron chi connectivity index (χ1n) is 6.03. The Morgan fingerprint density at radius 2 is 1.93 bits per heavy atom. The number of nitrogens with one attached hydrogen (secondary N) is 1. The number of H-pyrrole nitrogens is 1. The lowest BCUT2D eigenvalue weighted by atomic mass is 10.1. The first-order chi connectivity index (χ1) is 7.43. The van der Waals surface area contributed by atoms with E-state index >= 15 is 0 Å². The second kappa shape index (κ2) is 8.48. The number of imidazole rings is 1. The van der Waals surface area contributed by atoms with Gasteiger partial charge in [-0.1, -0.05) is 39.0 Å². The molecule has 15 heavy (non-hydrogen) atoms. The fraction of sp³-hybridized carbons (Fsp3) is 0.750. The molecule has 0 radical (unpaired) electrons. The molecule has 0 fully saturated rings. The van der Waals surface area contributed by atoms with Crippen LogP contribution in [0.4, 0.5) is 0 Å². The predicted octanol–water partition coefficient (Wildman–Crippen LogP) is 2.64. The summed E-state index contributed by atoms with van der Waals surface area (Å²) >= 11 is 0. The van der Waals surface area contributed by atoms with Crippen molar-refractivity contribution in [2.45, 2.75) is 52.2 Å². The number of rotatable bonds is 9. The number of aromatic nitrogens is 2. The summed E-state index contributed by atoms with van der Waals surface area (Å²) in [5.41, 5.74) is 0. The lowest BCUT2D eigenvalue weighted by Crippen LogP contribution is -2.32. The highest BCUT2D eigenvalue weighted by molar-refractivity contribution is 4.54. The number of aromatic amines is 1. The van der Waals surface area contributed by atoms with Crippen molar-refractivity contribution in [3.8, 4) is 0 Å². The predicted molar refractivity (Wildman–Crippen MR) is 60.3 cm³/mol. The van der Waals surface area contributed by atoms with Gasteiger partial charge in [0, 0.05) is 0 Å². The Hall–Kier alpha value is -0.830. The zero-order valence-electron chi connectivity index (χ0n) is 9.74. The van der Waals surface area contributed by atoms with Crippen molar-refractivity contribution in [1.29, 1.82) is 0 Å². The Morgan fingerprint density at radius 3 is 2.67 bits per heavy atom. The summed E-state index contributed by atoms with van der Waals surface area (Å²) in [7, 11) is 0. The van der Waals surface area contributed by atoms with Gasteiger partial charge in [-0.15, -0.1) is 0 Å². The average molecular weight is 211 g/mol. The molecule has 0 bridgehead atoms. The summed E-state index contributed by atoms with van der Waals surface area (Å²) in [6.45, 7) is 3.79. The van der Waals surface area contributed by atoms with Gasteiger partial charge in [0.2, 0.25) is 6.33 Å². The van der Waals surface area contributed by atoms with Gasteiger partial charge in [-0.2, -0.15) is 0 Å². The third kappa shape index (κ3) is 6.28. The second-order valence-electron chi connectivity index (χ2n) is 3.93. The molecule has 0 saturated carbocycles. The number of unbranched alkanes of at least 4 members (excludes halogenated alkanes) is 5. The molecule has 1 rings (SSSR count). The first kappa shape index (κ1) is 12.2. The maximum atomic E-state index is 5.53. The van der Waals surface area contributed by atoms with Crippen molar-refractivity contribution >= 4 is 0 Å². The van der Waals surface area contributed by atoms with E-state index in [0.717, 1.165) is 6.61 Å². The molecular weight excluding hydrogens is 188 g/mol. The van der Waals surface area contributed by atoms with Crippen LogP contribution in [-0.2, 0) is 11.5 Å². The molecule has 86 valence electrons. The number of nitrogens with zero attached hydrogens (tertiary/aromatic N) is 1. The van der Waals surface area contributed by atoms with Gasteiger partial charge >= 0.3 is 0 Å². The van der Waals surface area contributed by atoms with Gasteiger partial charge in [0.05, 0.1) is 6.61 Å². The Morgan fingerprint density at radius 1 is 1.13 bits per heavy atom. The number of hydrogen-bond acceptors (Lipinski definition) is 1. The molecule has 1 heterocycles. The molecule has 0 aromatic carbocycles. The molecule has 0 amide bonds. The molecular formula is C12H23N2O+. The Labute approximate surface area is 92.5 Å². The fourth-order valence-corrected chi connectivity index (χ4v) is 1.56. The molecule has 3 heteroatoms. The standard InChI is InChI=1S/C12H22N2O/c1-2-3-4-5-6-7-10-15-12-14-9-8-13-11-14/h8-9,11H,2-7,10,12H2,1H3/p+1. The minimum atomic E-state index is 0.665. The minimum Gasteiger partial charge on any atom is -0.342 e. The zero-order valence-corrected chi connectivity index (χ0v) is 9.74. The van der Waals surface area contributed by atoms with Crippen molar-refractivity contribution in [2.24, 2.45) is 0 Å². The summed E-state index contributed by atoms with van der Waals surface area (Å²) in [6, 6.07) is 0. The SMILES string of the molecule is CCCCCCCCOC[n+]1cc[nH]c1. The zero-order chi connectivity index (χ0) is 10.8. The van der Waals surface area contributed by atoms with Crippen molar-refractivity contribution in [2.75, 3.05) is 6.61 Å². The molecule has 1 aromatic heterocycles. The van der Waals surface area contributed by atoms with Gasteiger partial charge in [-0.05, 0) is 6.42 Å². The van der Waals surface area contributed by atoms with Crippen LogP contribution in [0.2, 0.25) is 0 Å². The van der Waals surface area contributed by atoms with E-state index in [4.69, 9.17) is 4.74 Å². The van der Waals surface area contributed by atoms with Crippen molar-refractivity contribution < 1.29 is 9.30 Å². The van der Waals surface area contributed by atoms with E-state index in [0.29, 0.717) is 6.73 Å². The molecule has 0 unspecified atom stereocenters. The molecule has 0 aliphatic rings. The summed E-state index contributed by atoms with van der Waals surface area (Å²) in [5.74, 6) is 0. The van der Waals surface area contributed by atoms with E-state index in [-0.39, 0.29) is 0 Å². The fourth-order valence-electron chi connectivity index (χ4n) is 1.56. The third-order valence-corrected chi connectivity index (χ3v) is 2.49. The lowest BCUT2D eigenvalue weighted by molar-refractivity contribution is -0.731. The van der Waals surface area contributed by atoms with Gasteiger partial charge < -0.3 is 4.74 Å². The van der Waals surface area contributed by atoms with Crippen LogP contribution < -0.4 is 4.57 Å². The Bertz CT molecular complexity index is 222.